The lowest BCUT2D eigenvalue weighted by Crippen LogP contribution is -2.28. The maximum Gasteiger partial charge on any atom is 0.258 e. The molecule has 1 amide bonds. The number of aromatic nitrogens is 3. The van der Waals surface area contributed by atoms with E-state index in [9.17, 15) is 9.18 Å². The molecule has 0 spiro atoms. The quantitative estimate of drug-likeness (QED) is 0.454. The second kappa shape index (κ2) is 8.96. The summed E-state index contributed by atoms with van der Waals surface area (Å²) in [6.45, 7) is 5.90. The van der Waals surface area contributed by atoms with Crippen LogP contribution in [-0.4, -0.2) is 27.3 Å². The Bertz CT molecular complexity index is 1300. The average molecular weight is 453 g/mol. The van der Waals surface area contributed by atoms with E-state index < -0.39 is 0 Å². The number of carbonyl (C=O) groups excluding carboxylic acids is 1. The first kappa shape index (κ1) is 21.8. The zero-order valence-corrected chi connectivity index (χ0v) is 18.7. The molecule has 32 heavy (non-hydrogen) atoms. The molecule has 1 N–H and O–H groups in total. The minimum absolute atomic E-state index is 0.192. The normalized spacial score (nSPS) is 11.0. The minimum atomic E-state index is -0.317. The van der Waals surface area contributed by atoms with Gasteiger partial charge >= 0.3 is 0 Å². The molecule has 2 aromatic heterocycles. The highest BCUT2D eigenvalue weighted by molar-refractivity contribution is 6.31. The van der Waals surface area contributed by atoms with E-state index in [0.29, 0.717) is 16.5 Å². The molecular formula is C24H22ClFN4O2. The Morgan fingerprint density at radius 2 is 1.91 bits per heavy atom. The first-order valence-corrected chi connectivity index (χ1v) is 10.5. The number of benzene rings is 2. The number of pyridine rings is 1. The van der Waals surface area contributed by atoms with E-state index in [1.165, 1.54) is 12.1 Å². The van der Waals surface area contributed by atoms with Crippen molar-refractivity contribution in [1.82, 2.24) is 20.1 Å². The summed E-state index contributed by atoms with van der Waals surface area (Å²) < 4.78 is 20.4. The summed E-state index contributed by atoms with van der Waals surface area (Å²) in [6.07, 6.45) is 0. The fourth-order valence-electron chi connectivity index (χ4n) is 3.53. The number of fused-ring (bicyclic) bond motifs is 1. The van der Waals surface area contributed by atoms with Crippen LogP contribution < -0.4 is 10.1 Å². The van der Waals surface area contributed by atoms with Crippen molar-refractivity contribution in [2.45, 2.75) is 27.3 Å². The molecule has 0 unspecified atom stereocenters. The molecule has 164 valence electrons. The highest BCUT2D eigenvalue weighted by atomic mass is 35.5. The van der Waals surface area contributed by atoms with Gasteiger partial charge in [-0.1, -0.05) is 29.8 Å². The number of hydrogen-bond donors (Lipinski definition) is 1. The summed E-state index contributed by atoms with van der Waals surface area (Å²) >= 11 is 6.30. The number of hydrogen-bond acceptors (Lipinski definition) is 4. The Kier molecular flexibility index (Phi) is 6.10. The summed E-state index contributed by atoms with van der Waals surface area (Å²) in [5.74, 6) is -0.292. The molecule has 2 aromatic carbocycles. The third-order valence-corrected chi connectivity index (χ3v) is 5.62. The zero-order chi connectivity index (χ0) is 22.8. The van der Waals surface area contributed by atoms with Gasteiger partial charge < -0.3 is 10.1 Å². The molecule has 0 fully saturated rings. The van der Waals surface area contributed by atoms with Gasteiger partial charge in [0.25, 0.3) is 5.91 Å². The van der Waals surface area contributed by atoms with E-state index >= 15 is 0 Å². The monoisotopic (exact) mass is 452 g/mol. The predicted molar refractivity (Wildman–Crippen MR) is 122 cm³/mol. The number of nitrogens with one attached hydrogen (secondary N) is 1. The second-order valence-electron chi connectivity index (χ2n) is 7.55. The van der Waals surface area contributed by atoms with E-state index in [2.05, 4.69) is 15.4 Å². The van der Waals surface area contributed by atoms with Gasteiger partial charge in [-0.2, -0.15) is 10.1 Å². The van der Waals surface area contributed by atoms with Gasteiger partial charge in [0, 0.05) is 23.0 Å². The summed E-state index contributed by atoms with van der Waals surface area (Å²) in [5, 5.41) is 8.98. The van der Waals surface area contributed by atoms with Crippen LogP contribution in [0.25, 0.3) is 16.7 Å². The average Bonchev–Trinajstić information content (AvgIpc) is 3.10. The van der Waals surface area contributed by atoms with Crippen LogP contribution in [0.3, 0.4) is 0 Å². The van der Waals surface area contributed by atoms with Crippen molar-refractivity contribution in [3.8, 4) is 11.6 Å². The van der Waals surface area contributed by atoms with E-state index in [0.717, 1.165) is 33.5 Å². The minimum Gasteiger partial charge on any atom is -0.468 e. The number of rotatable bonds is 6. The van der Waals surface area contributed by atoms with Crippen LogP contribution in [0, 0.1) is 26.6 Å². The van der Waals surface area contributed by atoms with Crippen LogP contribution in [0.5, 0.6) is 5.88 Å². The van der Waals surface area contributed by atoms with Crippen LogP contribution in [0.1, 0.15) is 22.4 Å². The fraction of sp³-hybridized carbons (Fsp3) is 0.208. The molecule has 6 nitrogen and oxygen atoms in total. The smallest absolute Gasteiger partial charge is 0.258 e. The topological polar surface area (TPSA) is 69.0 Å². The van der Waals surface area contributed by atoms with Gasteiger partial charge in [-0.25, -0.2) is 9.07 Å². The van der Waals surface area contributed by atoms with E-state index in [1.807, 2.05) is 39.0 Å². The lowest BCUT2D eigenvalue weighted by Gasteiger charge is -2.11. The van der Waals surface area contributed by atoms with E-state index in [-0.39, 0.29) is 24.9 Å². The molecule has 0 bridgehead atoms. The first-order chi connectivity index (χ1) is 15.3. The Balaban J connectivity index is 1.54. The number of ether oxygens (including phenoxy) is 1. The number of carbonyl (C=O) groups is 1. The zero-order valence-electron chi connectivity index (χ0n) is 17.9. The van der Waals surface area contributed by atoms with Crippen molar-refractivity contribution in [3.05, 3.63) is 81.8 Å². The molecule has 0 aliphatic carbocycles. The van der Waals surface area contributed by atoms with Crippen LogP contribution >= 0.6 is 11.6 Å². The number of halogens is 2. The summed E-state index contributed by atoms with van der Waals surface area (Å²) in [5.41, 5.74) is 4.94. The fourth-order valence-corrected chi connectivity index (χ4v) is 3.70. The Hall–Kier alpha value is -3.45. The van der Waals surface area contributed by atoms with Gasteiger partial charge in [-0.3, -0.25) is 4.79 Å². The Morgan fingerprint density at radius 1 is 1.16 bits per heavy atom. The van der Waals surface area contributed by atoms with Gasteiger partial charge in [0.15, 0.2) is 12.3 Å². The SMILES string of the molecule is Cc1c(Cl)cccc1-n1nc(C)c2c(C)cc(OCC(=O)NCc3ccc(F)cc3)nc21. The van der Waals surface area contributed by atoms with Gasteiger partial charge in [-0.05, 0) is 61.7 Å². The summed E-state index contributed by atoms with van der Waals surface area (Å²) in [6, 6.07) is 13.4. The van der Waals surface area contributed by atoms with Gasteiger partial charge in [0.2, 0.25) is 5.88 Å². The van der Waals surface area contributed by atoms with Crippen molar-refractivity contribution in [3.63, 3.8) is 0 Å². The van der Waals surface area contributed by atoms with Crippen molar-refractivity contribution >= 4 is 28.5 Å². The van der Waals surface area contributed by atoms with Gasteiger partial charge in [0.05, 0.1) is 11.4 Å². The molecule has 0 saturated carbocycles. The standard InChI is InChI=1S/C24H22ClFN4O2/c1-14-11-22(32-13-21(31)27-12-17-7-9-18(26)10-8-17)28-24-23(14)16(3)29-30(24)20-6-4-5-19(25)15(20)2/h4-11H,12-13H2,1-3H3,(H,27,31). The predicted octanol–water partition coefficient (Wildman–Crippen LogP) is 4.83. The van der Waals surface area contributed by atoms with Crippen molar-refractivity contribution in [2.24, 2.45) is 0 Å². The molecule has 2 heterocycles. The first-order valence-electron chi connectivity index (χ1n) is 10.1. The Labute approximate surface area is 190 Å². The maximum atomic E-state index is 13.0. The Morgan fingerprint density at radius 3 is 2.66 bits per heavy atom. The summed E-state index contributed by atoms with van der Waals surface area (Å²) in [7, 11) is 0. The summed E-state index contributed by atoms with van der Waals surface area (Å²) in [4.78, 5) is 16.8. The molecule has 0 saturated heterocycles. The van der Waals surface area contributed by atoms with Gasteiger partial charge in [0.1, 0.15) is 5.82 Å². The molecular weight excluding hydrogens is 431 g/mol. The van der Waals surface area contributed by atoms with Crippen molar-refractivity contribution in [2.75, 3.05) is 6.61 Å². The largest absolute Gasteiger partial charge is 0.468 e. The maximum absolute atomic E-state index is 13.0. The van der Waals surface area contributed by atoms with E-state index in [1.54, 1.807) is 22.9 Å². The second-order valence-corrected chi connectivity index (χ2v) is 7.96. The lowest BCUT2D eigenvalue weighted by molar-refractivity contribution is -0.123. The molecule has 0 aliphatic rings. The molecule has 0 atom stereocenters. The molecule has 8 heteroatoms. The third-order valence-electron chi connectivity index (χ3n) is 5.21. The number of aryl methyl sites for hydroxylation is 2. The highest BCUT2D eigenvalue weighted by Gasteiger charge is 2.17. The van der Waals surface area contributed by atoms with Gasteiger partial charge in [-0.15, -0.1) is 0 Å². The number of nitrogens with zero attached hydrogens (tertiary/aromatic N) is 3. The third kappa shape index (κ3) is 4.43. The molecule has 0 radical (unpaired) electrons. The molecule has 0 aliphatic heterocycles. The highest BCUT2D eigenvalue weighted by Crippen LogP contribution is 2.29. The van der Waals surface area contributed by atoms with Crippen molar-refractivity contribution in [1.29, 1.82) is 0 Å². The van der Waals surface area contributed by atoms with Crippen LogP contribution in [0.4, 0.5) is 4.39 Å². The van der Waals surface area contributed by atoms with Crippen molar-refractivity contribution < 1.29 is 13.9 Å². The molecule has 4 rings (SSSR count). The van der Waals surface area contributed by atoms with E-state index in [4.69, 9.17) is 16.3 Å². The van der Waals surface area contributed by atoms with Crippen LogP contribution in [0.15, 0.2) is 48.5 Å². The molecule has 4 aromatic rings. The lowest BCUT2D eigenvalue weighted by atomic mass is 10.1. The number of amides is 1. The van der Waals surface area contributed by atoms with Crippen LogP contribution in [0.2, 0.25) is 5.02 Å². The van der Waals surface area contributed by atoms with Crippen LogP contribution in [-0.2, 0) is 11.3 Å².